The molecule has 3 rings (SSSR count). The fourth-order valence-corrected chi connectivity index (χ4v) is 4.65. The van der Waals surface area contributed by atoms with Crippen LogP contribution in [0.2, 0.25) is 0 Å². The van der Waals surface area contributed by atoms with E-state index in [-0.39, 0.29) is 11.6 Å². The second kappa shape index (κ2) is 8.38. The third-order valence-electron chi connectivity index (χ3n) is 5.85. The lowest BCUT2D eigenvalue weighted by atomic mass is 9.53. The van der Waals surface area contributed by atoms with Crippen molar-refractivity contribution in [3.63, 3.8) is 0 Å². The van der Waals surface area contributed by atoms with Gasteiger partial charge < -0.3 is 14.9 Å². The van der Waals surface area contributed by atoms with Gasteiger partial charge in [-0.3, -0.25) is 0 Å². The standard InChI is InChI=1S/C23H24N4O2/c1-3-28-19-10-9-15(11-20(19)29-4-2)21-17-8-6-5-7-16(17)18(12-24)22(27)23(21,13-25)14-26/h7,9-11,17-18,21,27H,3-6,8H2,1-2H3/t17-,18-,21+/m0/s1. The summed E-state index contributed by atoms with van der Waals surface area (Å²) in [6, 6.07) is 11.9. The highest BCUT2D eigenvalue weighted by Crippen LogP contribution is 2.55. The van der Waals surface area contributed by atoms with Crippen molar-refractivity contribution in [2.24, 2.45) is 17.3 Å². The van der Waals surface area contributed by atoms with Crippen LogP contribution in [0.25, 0.3) is 0 Å². The molecule has 6 nitrogen and oxygen atoms in total. The van der Waals surface area contributed by atoms with Gasteiger partial charge in [-0.2, -0.15) is 15.8 Å². The van der Waals surface area contributed by atoms with Gasteiger partial charge in [0.25, 0.3) is 0 Å². The second-order valence-electron chi connectivity index (χ2n) is 7.30. The summed E-state index contributed by atoms with van der Waals surface area (Å²) in [5.74, 6) is -0.306. The largest absolute Gasteiger partial charge is 0.490 e. The minimum atomic E-state index is -1.68. The lowest BCUT2D eigenvalue weighted by Crippen LogP contribution is -2.48. The van der Waals surface area contributed by atoms with E-state index >= 15 is 0 Å². The van der Waals surface area contributed by atoms with Crippen molar-refractivity contribution in [1.82, 2.24) is 0 Å². The zero-order valence-corrected chi connectivity index (χ0v) is 16.7. The molecule has 0 heterocycles. The molecule has 3 atom stereocenters. The van der Waals surface area contributed by atoms with E-state index in [2.05, 4.69) is 18.2 Å². The van der Waals surface area contributed by atoms with Gasteiger partial charge in [0.2, 0.25) is 0 Å². The number of hydrogen-bond donors (Lipinski definition) is 1. The molecule has 0 spiro atoms. The Hall–Kier alpha value is -3.30. The van der Waals surface area contributed by atoms with Gasteiger partial charge in [-0.25, -0.2) is 0 Å². The molecule has 2 aliphatic rings. The van der Waals surface area contributed by atoms with Crippen LogP contribution in [0.3, 0.4) is 0 Å². The van der Waals surface area contributed by atoms with Crippen LogP contribution < -0.4 is 9.47 Å². The molecule has 148 valence electrons. The zero-order chi connectivity index (χ0) is 21.0. The molecule has 1 fully saturated rings. The molecule has 0 bridgehead atoms. The Bertz CT molecular complexity index is 947. The monoisotopic (exact) mass is 388 g/mol. The Morgan fingerprint density at radius 3 is 2.41 bits per heavy atom. The Morgan fingerprint density at radius 1 is 1.10 bits per heavy atom. The van der Waals surface area contributed by atoms with Crippen LogP contribution in [0.15, 0.2) is 29.8 Å². The molecular weight excluding hydrogens is 364 g/mol. The van der Waals surface area contributed by atoms with E-state index in [0.717, 1.165) is 30.4 Å². The number of allylic oxidation sites excluding steroid dienone is 2. The van der Waals surface area contributed by atoms with Crippen molar-refractivity contribution in [2.75, 3.05) is 13.2 Å². The molecule has 0 aromatic heterocycles. The lowest BCUT2D eigenvalue weighted by molar-refractivity contribution is 0.284. The van der Waals surface area contributed by atoms with E-state index in [1.165, 1.54) is 0 Å². The predicted octanol–water partition coefficient (Wildman–Crippen LogP) is 4.50. The van der Waals surface area contributed by atoms with Crippen LogP contribution >= 0.6 is 0 Å². The number of fused-ring (bicyclic) bond motifs is 1. The summed E-state index contributed by atoms with van der Waals surface area (Å²) < 4.78 is 11.4. The van der Waals surface area contributed by atoms with E-state index in [4.69, 9.17) is 14.9 Å². The van der Waals surface area contributed by atoms with Crippen LogP contribution in [-0.4, -0.2) is 18.9 Å². The molecule has 0 unspecified atom stereocenters. The Balaban J connectivity index is 2.21. The number of ether oxygens (including phenoxy) is 2. The Labute approximate surface area is 171 Å². The van der Waals surface area contributed by atoms with Gasteiger partial charge in [0, 0.05) is 5.92 Å². The van der Waals surface area contributed by atoms with Crippen LogP contribution in [0.1, 0.15) is 44.6 Å². The normalized spacial score (nSPS) is 24.9. The van der Waals surface area contributed by atoms with Crippen molar-refractivity contribution in [1.29, 1.82) is 21.2 Å². The van der Waals surface area contributed by atoms with Crippen LogP contribution in [0, 0.1) is 56.7 Å². The summed E-state index contributed by atoms with van der Waals surface area (Å²) in [6.07, 6.45) is 4.59. The van der Waals surface area contributed by atoms with Crippen LogP contribution in [0.4, 0.5) is 0 Å². The Morgan fingerprint density at radius 2 is 1.79 bits per heavy atom. The number of hydrogen-bond acceptors (Lipinski definition) is 6. The zero-order valence-electron chi connectivity index (χ0n) is 16.7. The minimum absolute atomic E-state index is 0.119. The van der Waals surface area contributed by atoms with Crippen molar-refractivity contribution in [3.8, 4) is 29.7 Å². The van der Waals surface area contributed by atoms with Crippen molar-refractivity contribution >= 4 is 5.71 Å². The number of nitriles is 3. The molecule has 1 saturated carbocycles. The summed E-state index contributed by atoms with van der Waals surface area (Å²) in [5.41, 5.74) is -0.164. The predicted molar refractivity (Wildman–Crippen MR) is 107 cm³/mol. The molecule has 0 saturated heterocycles. The molecule has 0 radical (unpaired) electrons. The van der Waals surface area contributed by atoms with Crippen LogP contribution in [-0.2, 0) is 0 Å². The summed E-state index contributed by atoms with van der Waals surface area (Å²) >= 11 is 0. The first-order valence-electron chi connectivity index (χ1n) is 9.98. The maximum absolute atomic E-state index is 10.1. The number of benzene rings is 1. The first kappa shape index (κ1) is 20.4. The van der Waals surface area contributed by atoms with Gasteiger partial charge in [-0.1, -0.05) is 12.1 Å². The molecule has 1 aromatic carbocycles. The fourth-order valence-electron chi connectivity index (χ4n) is 4.65. The molecule has 0 aliphatic heterocycles. The average molecular weight is 388 g/mol. The molecule has 1 N–H and O–H groups in total. The summed E-state index contributed by atoms with van der Waals surface area (Å²) in [7, 11) is 0. The third-order valence-corrected chi connectivity index (χ3v) is 5.85. The SMILES string of the molecule is CCOc1ccc([C@@H]2[C@H]3CCCC=C3[C@H](C#N)C(=N)C2(C#N)C#N)cc1OCC. The molecule has 6 heteroatoms. The highest BCUT2D eigenvalue weighted by atomic mass is 16.5. The Kier molecular flexibility index (Phi) is 5.90. The van der Waals surface area contributed by atoms with Crippen molar-refractivity contribution in [3.05, 3.63) is 35.4 Å². The second-order valence-corrected chi connectivity index (χ2v) is 7.30. The van der Waals surface area contributed by atoms with E-state index < -0.39 is 17.3 Å². The topological polar surface area (TPSA) is 114 Å². The highest BCUT2D eigenvalue weighted by molar-refractivity contribution is 6.00. The van der Waals surface area contributed by atoms with Gasteiger partial charge >= 0.3 is 0 Å². The first-order valence-corrected chi connectivity index (χ1v) is 9.98. The van der Waals surface area contributed by atoms with E-state index in [0.29, 0.717) is 24.7 Å². The first-order chi connectivity index (χ1) is 14.1. The van der Waals surface area contributed by atoms with Gasteiger partial charge in [0.15, 0.2) is 16.9 Å². The summed E-state index contributed by atoms with van der Waals surface area (Å²) in [5, 5.41) is 38.5. The number of nitrogens with zero attached hydrogens (tertiary/aromatic N) is 3. The van der Waals surface area contributed by atoms with Gasteiger partial charge in [0.05, 0.1) is 37.1 Å². The molecule has 1 aromatic rings. The minimum Gasteiger partial charge on any atom is -0.490 e. The van der Waals surface area contributed by atoms with Crippen LogP contribution in [0.5, 0.6) is 11.5 Å². The maximum Gasteiger partial charge on any atom is 0.189 e. The molecule has 0 amide bonds. The summed E-state index contributed by atoms with van der Waals surface area (Å²) in [4.78, 5) is 0. The lowest BCUT2D eigenvalue weighted by Gasteiger charge is -2.45. The average Bonchev–Trinajstić information content (AvgIpc) is 2.75. The van der Waals surface area contributed by atoms with Crippen molar-refractivity contribution < 1.29 is 9.47 Å². The van der Waals surface area contributed by atoms with Gasteiger partial charge in [-0.15, -0.1) is 0 Å². The summed E-state index contributed by atoms with van der Waals surface area (Å²) in [6.45, 7) is 4.72. The smallest absolute Gasteiger partial charge is 0.189 e. The van der Waals surface area contributed by atoms with E-state index in [9.17, 15) is 15.8 Å². The number of nitrogens with one attached hydrogen (secondary N) is 1. The number of rotatable bonds is 5. The van der Waals surface area contributed by atoms with Gasteiger partial charge in [-0.05, 0) is 62.3 Å². The fraction of sp³-hybridized carbons (Fsp3) is 0.478. The maximum atomic E-state index is 10.1. The van der Waals surface area contributed by atoms with E-state index in [1.807, 2.05) is 32.1 Å². The molecular formula is C23H24N4O2. The van der Waals surface area contributed by atoms with Gasteiger partial charge in [0.1, 0.15) is 5.92 Å². The van der Waals surface area contributed by atoms with Crippen molar-refractivity contribution in [2.45, 2.75) is 39.0 Å². The third kappa shape index (κ3) is 3.24. The van der Waals surface area contributed by atoms with E-state index in [1.54, 1.807) is 6.07 Å². The molecule has 29 heavy (non-hydrogen) atoms. The highest BCUT2D eigenvalue weighted by Gasteiger charge is 2.57. The quantitative estimate of drug-likeness (QED) is 0.746. The molecule has 2 aliphatic carbocycles.